The minimum Gasteiger partial charge on any atom is -0.492 e. The summed E-state index contributed by atoms with van der Waals surface area (Å²) in [7, 11) is 0. The lowest BCUT2D eigenvalue weighted by atomic mass is 9.86. The van der Waals surface area contributed by atoms with Gasteiger partial charge < -0.3 is 9.64 Å². The maximum atomic E-state index is 12.7. The summed E-state index contributed by atoms with van der Waals surface area (Å²) >= 11 is 0. The van der Waals surface area contributed by atoms with Gasteiger partial charge >= 0.3 is 5.69 Å². The van der Waals surface area contributed by atoms with Gasteiger partial charge in [-0.3, -0.25) is 9.88 Å². The fraction of sp³-hybridized carbons (Fsp3) is 0.704. The smallest absolute Gasteiger partial charge is 0.348 e. The first kappa shape index (κ1) is 23.6. The van der Waals surface area contributed by atoms with Gasteiger partial charge in [0.2, 0.25) is 0 Å². The monoisotopic (exact) mass is 467 g/mol. The predicted molar refractivity (Wildman–Crippen MR) is 135 cm³/mol. The van der Waals surface area contributed by atoms with Gasteiger partial charge in [0.1, 0.15) is 18.2 Å². The normalized spacial score (nSPS) is 22.9. The molecular formula is C27H41N5O2. The third-order valence-electron chi connectivity index (χ3n) is 8.06. The molecule has 0 amide bonds. The molecule has 34 heavy (non-hydrogen) atoms. The Morgan fingerprint density at radius 1 is 0.882 bits per heavy atom. The summed E-state index contributed by atoms with van der Waals surface area (Å²) in [5, 5.41) is 4.71. The van der Waals surface area contributed by atoms with Crippen LogP contribution >= 0.6 is 0 Å². The van der Waals surface area contributed by atoms with E-state index in [-0.39, 0.29) is 5.69 Å². The number of hydrogen-bond donors (Lipinski definition) is 1. The lowest BCUT2D eigenvalue weighted by Gasteiger charge is -2.33. The van der Waals surface area contributed by atoms with E-state index in [0.29, 0.717) is 12.5 Å². The SMILES string of the molecule is O=c1[nH]c([C@H]2CCCN(CCC3CCCCC3)C2)nn1-c1ccc(OCCN2CCCC2)cc1. The van der Waals surface area contributed by atoms with Crippen LogP contribution in [0.3, 0.4) is 0 Å². The molecule has 2 saturated heterocycles. The minimum atomic E-state index is -0.156. The first-order valence-electron chi connectivity index (χ1n) is 13.6. The topological polar surface area (TPSA) is 66.4 Å². The zero-order chi connectivity index (χ0) is 23.2. The van der Waals surface area contributed by atoms with Crippen LogP contribution in [0.4, 0.5) is 0 Å². The second-order valence-corrected chi connectivity index (χ2v) is 10.6. The zero-order valence-electron chi connectivity index (χ0n) is 20.6. The Labute approximate surface area is 203 Å². The number of nitrogens with zero attached hydrogens (tertiary/aromatic N) is 4. The molecule has 0 radical (unpaired) electrons. The fourth-order valence-corrected chi connectivity index (χ4v) is 6.00. The van der Waals surface area contributed by atoms with Crippen LogP contribution in [0.5, 0.6) is 5.75 Å². The summed E-state index contributed by atoms with van der Waals surface area (Å²) in [6.45, 7) is 7.41. The molecule has 1 N–H and O–H groups in total. The van der Waals surface area contributed by atoms with Crippen LogP contribution in [0, 0.1) is 5.92 Å². The quantitative estimate of drug-likeness (QED) is 0.599. The molecule has 1 aromatic heterocycles. The number of ether oxygens (including phenoxy) is 1. The van der Waals surface area contributed by atoms with E-state index in [1.165, 1.54) is 88.6 Å². The molecule has 1 aliphatic carbocycles. The van der Waals surface area contributed by atoms with Gasteiger partial charge in [0.15, 0.2) is 0 Å². The minimum absolute atomic E-state index is 0.156. The molecule has 0 unspecified atom stereocenters. The van der Waals surface area contributed by atoms with E-state index >= 15 is 0 Å². The third kappa shape index (κ3) is 6.11. The molecule has 2 aliphatic heterocycles. The third-order valence-corrected chi connectivity index (χ3v) is 8.06. The lowest BCUT2D eigenvalue weighted by molar-refractivity contribution is 0.182. The molecule has 2 aromatic rings. The van der Waals surface area contributed by atoms with Crippen molar-refractivity contribution < 1.29 is 4.74 Å². The van der Waals surface area contributed by atoms with Gasteiger partial charge in [-0.15, -0.1) is 5.10 Å². The second kappa shape index (κ2) is 11.5. The van der Waals surface area contributed by atoms with Crippen LogP contribution in [0.25, 0.3) is 5.69 Å². The lowest BCUT2D eigenvalue weighted by Crippen LogP contribution is -2.36. The van der Waals surface area contributed by atoms with Crippen molar-refractivity contribution in [2.45, 2.75) is 70.1 Å². The average molecular weight is 468 g/mol. The van der Waals surface area contributed by atoms with E-state index < -0.39 is 0 Å². The standard InChI is InChI=1S/C27H41N5O2/c33-27-28-26(23-9-6-17-31(21-23)18-14-22-7-2-1-3-8-22)29-32(27)24-10-12-25(13-11-24)34-20-19-30-15-4-5-16-30/h10-13,22-23H,1-9,14-21H2,(H,28,29,33)/t23-/m0/s1. The molecule has 5 rings (SSSR count). The Morgan fingerprint density at radius 2 is 1.65 bits per heavy atom. The number of nitrogens with one attached hydrogen (secondary N) is 1. The van der Waals surface area contributed by atoms with Gasteiger partial charge in [-0.25, -0.2) is 4.79 Å². The molecule has 3 fully saturated rings. The highest BCUT2D eigenvalue weighted by Crippen LogP contribution is 2.29. The van der Waals surface area contributed by atoms with Crippen molar-refractivity contribution in [2.24, 2.45) is 5.92 Å². The molecule has 3 heterocycles. The van der Waals surface area contributed by atoms with Crippen LogP contribution in [0.15, 0.2) is 29.1 Å². The van der Waals surface area contributed by atoms with Crippen molar-refractivity contribution in [3.8, 4) is 11.4 Å². The van der Waals surface area contributed by atoms with Gasteiger partial charge in [0, 0.05) is 19.0 Å². The van der Waals surface area contributed by atoms with Crippen molar-refractivity contribution in [1.82, 2.24) is 24.6 Å². The highest BCUT2D eigenvalue weighted by molar-refractivity contribution is 5.36. The Balaban J connectivity index is 1.15. The van der Waals surface area contributed by atoms with Crippen molar-refractivity contribution in [2.75, 3.05) is 45.9 Å². The van der Waals surface area contributed by atoms with Crippen LogP contribution in [-0.4, -0.2) is 70.4 Å². The molecule has 3 aliphatic rings. The van der Waals surface area contributed by atoms with Crippen molar-refractivity contribution >= 4 is 0 Å². The average Bonchev–Trinajstić information content (AvgIpc) is 3.54. The number of aromatic amines is 1. The maximum absolute atomic E-state index is 12.7. The van der Waals surface area contributed by atoms with Crippen LogP contribution in [0.2, 0.25) is 0 Å². The molecule has 7 nitrogen and oxygen atoms in total. The Morgan fingerprint density at radius 3 is 2.44 bits per heavy atom. The second-order valence-electron chi connectivity index (χ2n) is 10.6. The van der Waals surface area contributed by atoms with Gasteiger partial charge in [-0.1, -0.05) is 32.1 Å². The van der Waals surface area contributed by atoms with E-state index in [4.69, 9.17) is 9.84 Å². The molecule has 7 heteroatoms. The van der Waals surface area contributed by atoms with Gasteiger partial charge in [-0.05, 0) is 88.5 Å². The summed E-state index contributed by atoms with van der Waals surface area (Å²) in [4.78, 5) is 20.8. The van der Waals surface area contributed by atoms with Gasteiger partial charge in [-0.2, -0.15) is 4.68 Å². The van der Waals surface area contributed by atoms with E-state index in [2.05, 4.69) is 14.8 Å². The molecule has 0 bridgehead atoms. The predicted octanol–water partition coefficient (Wildman–Crippen LogP) is 4.19. The van der Waals surface area contributed by atoms with E-state index in [9.17, 15) is 4.79 Å². The Kier molecular flexibility index (Phi) is 8.01. The van der Waals surface area contributed by atoms with Gasteiger partial charge in [0.25, 0.3) is 0 Å². The zero-order valence-corrected chi connectivity index (χ0v) is 20.6. The molecular weight excluding hydrogens is 426 g/mol. The number of hydrogen-bond acceptors (Lipinski definition) is 5. The van der Waals surface area contributed by atoms with E-state index in [0.717, 1.165) is 42.7 Å². The van der Waals surface area contributed by atoms with E-state index in [1.54, 1.807) is 0 Å². The Hall–Kier alpha value is -2.12. The fourth-order valence-electron chi connectivity index (χ4n) is 6.00. The first-order valence-corrected chi connectivity index (χ1v) is 13.6. The molecule has 1 aromatic carbocycles. The highest BCUT2D eigenvalue weighted by atomic mass is 16.5. The number of rotatable bonds is 9. The van der Waals surface area contributed by atoms with Crippen LogP contribution in [0.1, 0.15) is 76.0 Å². The van der Waals surface area contributed by atoms with Crippen LogP contribution in [-0.2, 0) is 0 Å². The number of piperidine rings is 1. The molecule has 186 valence electrons. The summed E-state index contributed by atoms with van der Waals surface area (Å²) in [6, 6.07) is 7.73. The number of likely N-dealkylation sites (tertiary alicyclic amines) is 2. The summed E-state index contributed by atoms with van der Waals surface area (Å²) < 4.78 is 7.41. The molecule has 0 spiro atoms. The first-order chi connectivity index (χ1) is 16.7. The van der Waals surface area contributed by atoms with Gasteiger partial charge in [0.05, 0.1) is 5.69 Å². The number of H-pyrrole nitrogens is 1. The number of aromatic nitrogens is 3. The summed E-state index contributed by atoms with van der Waals surface area (Å²) in [6.07, 6.45) is 13.3. The maximum Gasteiger partial charge on any atom is 0.348 e. The Bertz CT molecular complexity index is 941. The number of benzene rings is 1. The van der Waals surface area contributed by atoms with Crippen LogP contribution < -0.4 is 10.4 Å². The van der Waals surface area contributed by atoms with Crippen molar-refractivity contribution in [3.05, 3.63) is 40.6 Å². The largest absolute Gasteiger partial charge is 0.492 e. The summed E-state index contributed by atoms with van der Waals surface area (Å²) in [5.74, 6) is 2.90. The van der Waals surface area contributed by atoms with Crippen molar-refractivity contribution in [3.63, 3.8) is 0 Å². The molecule has 1 saturated carbocycles. The summed E-state index contributed by atoms with van der Waals surface area (Å²) in [5.41, 5.74) is 0.626. The van der Waals surface area contributed by atoms with E-state index in [1.807, 2.05) is 24.3 Å². The van der Waals surface area contributed by atoms with Crippen molar-refractivity contribution in [1.29, 1.82) is 0 Å². The highest BCUT2D eigenvalue weighted by Gasteiger charge is 2.25. The molecule has 1 atom stereocenters.